The molecule has 0 bridgehead atoms. The molecule has 0 radical (unpaired) electrons. The van der Waals surface area contributed by atoms with Crippen molar-refractivity contribution in [2.24, 2.45) is 0 Å². The fraction of sp³-hybridized carbons (Fsp3) is 0.303. The summed E-state index contributed by atoms with van der Waals surface area (Å²) in [5, 5.41) is 40.0. The molecule has 0 saturated heterocycles. The van der Waals surface area contributed by atoms with Gasteiger partial charge in [-0.1, -0.05) is 44.2 Å². The number of halogens is 1. The van der Waals surface area contributed by atoms with Crippen LogP contribution in [0.25, 0.3) is 34.1 Å². The monoisotopic (exact) mass is 587 g/mol. The fourth-order valence-corrected chi connectivity index (χ4v) is 5.73. The second-order valence-corrected chi connectivity index (χ2v) is 11.2. The summed E-state index contributed by atoms with van der Waals surface area (Å²) in [6, 6.07) is 11.8. The predicted molar refractivity (Wildman–Crippen MR) is 161 cm³/mol. The van der Waals surface area contributed by atoms with Crippen LogP contribution in [0.2, 0.25) is 0 Å². The summed E-state index contributed by atoms with van der Waals surface area (Å²) in [5.41, 5.74) is 6.62. The number of aliphatic hydroxyl groups excluding tert-OH is 2. The Morgan fingerprint density at radius 1 is 1.14 bits per heavy atom. The molecule has 5 N–H and O–H groups in total. The van der Waals surface area contributed by atoms with Crippen LogP contribution in [0.3, 0.4) is 0 Å². The van der Waals surface area contributed by atoms with Crippen LogP contribution < -0.4 is 5.69 Å². The number of nitrogens with one attached hydrogen (secondary N) is 1. The Bertz CT molecular complexity index is 1740. The SMILES string of the molecule is CC(C)c1nc2c(c(-c3ccc(F)cc3)c1C=C[C@@H](O)C[C@@H](O)CC(=O)O)CCCc1ccc(-n3c(O)c[nH]c3=O)cc1-2. The Morgan fingerprint density at radius 2 is 1.88 bits per heavy atom. The number of aromatic hydroxyl groups is 1. The van der Waals surface area contributed by atoms with Crippen LogP contribution in [0.4, 0.5) is 4.39 Å². The van der Waals surface area contributed by atoms with Crippen molar-refractivity contribution in [2.75, 3.05) is 0 Å². The van der Waals surface area contributed by atoms with Crippen molar-refractivity contribution < 1.29 is 29.6 Å². The number of pyridine rings is 1. The van der Waals surface area contributed by atoms with Gasteiger partial charge in [0.2, 0.25) is 5.88 Å². The highest BCUT2D eigenvalue weighted by Crippen LogP contribution is 2.42. The largest absolute Gasteiger partial charge is 0.493 e. The Labute approximate surface area is 247 Å². The minimum atomic E-state index is -1.21. The molecule has 224 valence electrons. The lowest BCUT2D eigenvalue weighted by Gasteiger charge is -2.22. The van der Waals surface area contributed by atoms with Crippen molar-refractivity contribution in [1.29, 1.82) is 0 Å². The van der Waals surface area contributed by atoms with E-state index in [0.717, 1.165) is 57.6 Å². The molecule has 4 aromatic rings. The lowest BCUT2D eigenvalue weighted by molar-refractivity contribution is -0.139. The van der Waals surface area contributed by atoms with Crippen LogP contribution in [0, 0.1) is 5.82 Å². The van der Waals surface area contributed by atoms with E-state index in [2.05, 4.69) is 4.98 Å². The number of imidazole rings is 1. The number of carboxylic acids is 1. The third kappa shape index (κ3) is 6.30. The van der Waals surface area contributed by atoms with E-state index in [-0.39, 0.29) is 24.0 Å². The molecule has 0 spiro atoms. The van der Waals surface area contributed by atoms with Crippen LogP contribution in [-0.2, 0) is 17.6 Å². The normalized spacial score (nSPS) is 14.4. The highest BCUT2D eigenvalue weighted by molar-refractivity contribution is 5.86. The molecule has 0 fully saturated rings. The number of rotatable bonds is 9. The van der Waals surface area contributed by atoms with Gasteiger partial charge in [0.25, 0.3) is 0 Å². The Balaban J connectivity index is 1.73. The molecule has 10 heteroatoms. The maximum absolute atomic E-state index is 14.0. The van der Waals surface area contributed by atoms with Crippen molar-refractivity contribution in [3.63, 3.8) is 0 Å². The molecule has 2 aromatic heterocycles. The van der Waals surface area contributed by atoms with Gasteiger partial charge in [0.15, 0.2) is 0 Å². The summed E-state index contributed by atoms with van der Waals surface area (Å²) in [5.74, 6) is -1.81. The number of hydrogen-bond acceptors (Lipinski definition) is 6. The van der Waals surface area contributed by atoms with E-state index >= 15 is 0 Å². The van der Waals surface area contributed by atoms with Crippen molar-refractivity contribution in [2.45, 2.75) is 64.1 Å². The van der Waals surface area contributed by atoms with Crippen LogP contribution in [-0.4, -0.2) is 53.1 Å². The van der Waals surface area contributed by atoms with Crippen LogP contribution in [0.1, 0.15) is 61.4 Å². The minimum Gasteiger partial charge on any atom is -0.493 e. The smallest absolute Gasteiger partial charge is 0.333 e. The molecule has 0 unspecified atom stereocenters. The predicted octanol–water partition coefficient (Wildman–Crippen LogP) is 4.95. The second-order valence-electron chi connectivity index (χ2n) is 11.2. The summed E-state index contributed by atoms with van der Waals surface area (Å²) in [6.45, 7) is 4.00. The molecular weight excluding hydrogens is 553 g/mol. The molecule has 43 heavy (non-hydrogen) atoms. The van der Waals surface area contributed by atoms with E-state index in [9.17, 15) is 29.3 Å². The summed E-state index contributed by atoms with van der Waals surface area (Å²) in [7, 11) is 0. The number of aromatic amines is 1. The van der Waals surface area contributed by atoms with Gasteiger partial charge < -0.3 is 25.4 Å². The molecule has 1 aliphatic carbocycles. The number of carboxylic acid groups (broad SMARTS) is 1. The van der Waals surface area contributed by atoms with Crippen molar-refractivity contribution in [3.8, 4) is 34.0 Å². The van der Waals surface area contributed by atoms with Crippen molar-refractivity contribution in [1.82, 2.24) is 14.5 Å². The molecule has 0 aliphatic heterocycles. The first-order valence-electron chi connectivity index (χ1n) is 14.2. The number of H-pyrrole nitrogens is 1. The minimum absolute atomic E-state index is 0.0647. The second kappa shape index (κ2) is 12.4. The lowest BCUT2D eigenvalue weighted by Crippen LogP contribution is -2.19. The van der Waals surface area contributed by atoms with Gasteiger partial charge in [-0.05, 0) is 71.7 Å². The number of aliphatic hydroxyl groups is 2. The topological polar surface area (TPSA) is 149 Å². The van der Waals surface area contributed by atoms with E-state index in [0.29, 0.717) is 12.1 Å². The zero-order chi connectivity index (χ0) is 30.8. The summed E-state index contributed by atoms with van der Waals surface area (Å²) < 4.78 is 15.2. The third-order valence-corrected chi connectivity index (χ3v) is 7.69. The molecule has 5 rings (SSSR count). The molecule has 9 nitrogen and oxygen atoms in total. The molecule has 0 amide bonds. The highest BCUT2D eigenvalue weighted by Gasteiger charge is 2.26. The number of benzene rings is 2. The number of hydrogen-bond donors (Lipinski definition) is 5. The average molecular weight is 588 g/mol. The van der Waals surface area contributed by atoms with Crippen LogP contribution in [0.15, 0.2) is 59.5 Å². The van der Waals surface area contributed by atoms with Gasteiger partial charge in [0.05, 0.1) is 41.9 Å². The third-order valence-electron chi connectivity index (χ3n) is 7.69. The number of carbonyl (C=O) groups is 1. The summed E-state index contributed by atoms with van der Waals surface area (Å²) >= 11 is 0. The van der Waals surface area contributed by atoms with Crippen molar-refractivity contribution >= 4 is 12.0 Å². The highest BCUT2D eigenvalue weighted by atomic mass is 19.1. The van der Waals surface area contributed by atoms with Crippen molar-refractivity contribution in [3.05, 3.63) is 93.4 Å². The van der Waals surface area contributed by atoms with E-state index in [1.165, 1.54) is 29.0 Å². The standard InChI is InChI=1S/C33H34FN3O6/c1-18(2)31-26(13-12-23(38)15-24(39)16-29(41)42)30(20-6-9-21(34)10-7-20)25-5-3-4-19-8-11-22(14-27(19)32(25)36-31)37-28(40)17-35-33(37)43/h6-14,17-18,23-24,38-40H,3-5,15-16H2,1-2H3,(H,35,43)(H,41,42)/t23-,24-/m1/s1. The van der Waals surface area contributed by atoms with Gasteiger partial charge in [-0.25, -0.2) is 13.8 Å². The van der Waals surface area contributed by atoms with Crippen LogP contribution >= 0.6 is 0 Å². The number of aliphatic carboxylic acids is 1. The van der Waals surface area contributed by atoms with Gasteiger partial charge >= 0.3 is 11.7 Å². The maximum atomic E-state index is 14.0. The number of aromatic nitrogens is 3. The number of fused-ring (bicyclic) bond motifs is 3. The Kier molecular flexibility index (Phi) is 8.61. The Morgan fingerprint density at radius 3 is 2.53 bits per heavy atom. The molecule has 2 heterocycles. The fourth-order valence-electron chi connectivity index (χ4n) is 5.73. The average Bonchev–Trinajstić information content (AvgIpc) is 3.18. The van der Waals surface area contributed by atoms with Gasteiger partial charge in [-0.3, -0.25) is 9.78 Å². The maximum Gasteiger partial charge on any atom is 0.333 e. The Hall–Kier alpha value is -4.54. The van der Waals surface area contributed by atoms with E-state index in [4.69, 9.17) is 10.1 Å². The van der Waals surface area contributed by atoms with E-state index < -0.39 is 30.3 Å². The molecular formula is C33H34FN3O6. The van der Waals surface area contributed by atoms with Gasteiger partial charge in [-0.2, -0.15) is 0 Å². The lowest BCUT2D eigenvalue weighted by atomic mass is 9.86. The zero-order valence-electron chi connectivity index (χ0n) is 23.9. The van der Waals surface area contributed by atoms with Crippen LogP contribution in [0.5, 0.6) is 5.88 Å². The molecule has 0 saturated carbocycles. The molecule has 2 aromatic carbocycles. The van der Waals surface area contributed by atoms with Gasteiger partial charge in [-0.15, -0.1) is 0 Å². The summed E-state index contributed by atoms with van der Waals surface area (Å²) in [6.07, 6.45) is 3.79. The van der Waals surface area contributed by atoms with E-state index in [1.807, 2.05) is 26.0 Å². The molecule has 1 aliphatic rings. The number of aryl methyl sites for hydroxylation is 1. The van der Waals surface area contributed by atoms with Gasteiger partial charge in [0.1, 0.15) is 5.82 Å². The first kappa shape index (κ1) is 29.9. The molecule has 2 atom stereocenters. The quantitative estimate of drug-likeness (QED) is 0.186. The first-order valence-corrected chi connectivity index (χ1v) is 14.2. The zero-order valence-corrected chi connectivity index (χ0v) is 23.9. The van der Waals surface area contributed by atoms with Gasteiger partial charge in [0, 0.05) is 17.5 Å². The van der Waals surface area contributed by atoms with E-state index in [1.54, 1.807) is 24.3 Å². The summed E-state index contributed by atoms with van der Waals surface area (Å²) in [4.78, 5) is 31.1. The number of nitrogens with zero attached hydrogens (tertiary/aromatic N) is 2. The first-order chi connectivity index (χ1) is 20.5.